The Hall–Kier alpha value is -1.67. The van der Waals surface area contributed by atoms with Crippen molar-refractivity contribution in [2.24, 2.45) is 0 Å². The molecule has 0 N–H and O–H groups in total. The highest BCUT2D eigenvalue weighted by Gasteiger charge is 2.42. The molecule has 2 aromatic carbocycles. The Bertz CT molecular complexity index is 1020. The van der Waals surface area contributed by atoms with Crippen molar-refractivity contribution in [2.45, 2.75) is 43.8 Å². The van der Waals surface area contributed by atoms with Crippen LogP contribution in [0.25, 0.3) is 0 Å². The molecule has 1 fully saturated rings. The molecule has 0 bridgehead atoms. The van der Waals surface area contributed by atoms with E-state index in [4.69, 9.17) is 27.9 Å². The molecule has 0 saturated carbocycles. The normalized spacial score (nSPS) is 20.3. The van der Waals surface area contributed by atoms with Gasteiger partial charge in [-0.15, -0.1) is 11.8 Å². The van der Waals surface area contributed by atoms with Crippen molar-refractivity contribution in [3.8, 4) is 0 Å². The highest BCUT2D eigenvalue weighted by Crippen LogP contribution is 2.44. The summed E-state index contributed by atoms with van der Waals surface area (Å²) in [4.78, 5) is 14.3. The Morgan fingerprint density at radius 2 is 1.76 bits per heavy atom. The van der Waals surface area contributed by atoms with Gasteiger partial charge in [-0.25, -0.2) is 0 Å². The molecule has 1 saturated heterocycles. The van der Waals surface area contributed by atoms with Crippen molar-refractivity contribution >= 4 is 40.9 Å². The van der Waals surface area contributed by atoms with Crippen molar-refractivity contribution in [1.29, 1.82) is 0 Å². The zero-order valence-electron chi connectivity index (χ0n) is 18.3. The van der Waals surface area contributed by atoms with Gasteiger partial charge in [-0.2, -0.15) is 13.2 Å². The fourth-order valence-corrected chi connectivity index (χ4v) is 4.69. The SMILES string of the molecule is CC(C)(C)SC/C(=C\C(F)(F)F)N1C(=O)CO[C@H](c2cccc(Cl)c2)[C@H]1c1ccc(Cl)cc1. The van der Waals surface area contributed by atoms with Gasteiger partial charge in [0.1, 0.15) is 12.7 Å². The Balaban J connectivity index is 2.15. The quantitative estimate of drug-likeness (QED) is 0.408. The fraction of sp³-hybridized carbons (Fsp3) is 0.375. The number of halogens is 5. The van der Waals surface area contributed by atoms with E-state index in [9.17, 15) is 18.0 Å². The van der Waals surface area contributed by atoms with Crippen LogP contribution in [0.15, 0.2) is 60.3 Å². The van der Waals surface area contributed by atoms with Crippen LogP contribution in [-0.4, -0.2) is 34.1 Å². The molecule has 0 radical (unpaired) electrons. The minimum atomic E-state index is -4.59. The van der Waals surface area contributed by atoms with Crippen LogP contribution in [0, 0.1) is 0 Å². The molecule has 1 aliphatic heterocycles. The number of morpholine rings is 1. The van der Waals surface area contributed by atoms with Crippen LogP contribution in [0.3, 0.4) is 0 Å². The molecule has 0 aliphatic carbocycles. The average molecular weight is 518 g/mol. The predicted octanol–water partition coefficient (Wildman–Crippen LogP) is 7.61. The number of benzene rings is 2. The molecule has 3 rings (SSSR count). The Kier molecular flexibility index (Phi) is 8.10. The monoisotopic (exact) mass is 517 g/mol. The molecule has 2 atom stereocenters. The maximum absolute atomic E-state index is 13.6. The second-order valence-electron chi connectivity index (χ2n) is 8.63. The van der Waals surface area contributed by atoms with Crippen LogP contribution in [0.5, 0.6) is 0 Å². The summed E-state index contributed by atoms with van der Waals surface area (Å²) >= 11 is 13.6. The molecule has 0 aromatic heterocycles. The Labute approximate surface area is 205 Å². The molecule has 3 nitrogen and oxygen atoms in total. The molecule has 0 unspecified atom stereocenters. The first-order valence-corrected chi connectivity index (χ1v) is 12.0. The van der Waals surface area contributed by atoms with Crippen molar-refractivity contribution in [3.63, 3.8) is 0 Å². The van der Waals surface area contributed by atoms with Gasteiger partial charge in [0.2, 0.25) is 0 Å². The third kappa shape index (κ3) is 7.15. The third-order valence-electron chi connectivity index (χ3n) is 4.90. The number of hydrogen-bond donors (Lipinski definition) is 0. The lowest BCUT2D eigenvalue weighted by molar-refractivity contribution is -0.154. The first kappa shape index (κ1) is 25.9. The molecular weight excluding hydrogens is 494 g/mol. The number of alkyl halides is 3. The van der Waals surface area contributed by atoms with Gasteiger partial charge in [0.05, 0.1) is 6.04 Å². The molecule has 9 heteroatoms. The number of allylic oxidation sites excluding steroid dienone is 1. The van der Waals surface area contributed by atoms with Crippen molar-refractivity contribution < 1.29 is 22.7 Å². The van der Waals surface area contributed by atoms with Gasteiger partial charge >= 0.3 is 6.18 Å². The molecule has 33 heavy (non-hydrogen) atoms. The number of carbonyl (C=O) groups excluding carboxylic acids is 1. The van der Waals surface area contributed by atoms with Gasteiger partial charge < -0.3 is 9.64 Å². The smallest absolute Gasteiger partial charge is 0.361 e. The number of amides is 1. The minimum Gasteiger partial charge on any atom is -0.361 e. The molecule has 1 aliphatic rings. The summed E-state index contributed by atoms with van der Waals surface area (Å²) in [5.74, 6) is -0.542. The van der Waals surface area contributed by atoms with Crippen molar-refractivity contribution in [1.82, 2.24) is 4.90 Å². The van der Waals surface area contributed by atoms with Gasteiger partial charge in [-0.05, 0) is 35.4 Å². The first-order valence-electron chi connectivity index (χ1n) is 10.2. The Morgan fingerprint density at radius 1 is 1.09 bits per heavy atom. The lowest BCUT2D eigenvalue weighted by Crippen LogP contribution is -2.46. The van der Waals surface area contributed by atoms with Crippen LogP contribution in [0.1, 0.15) is 44.0 Å². The van der Waals surface area contributed by atoms with E-state index >= 15 is 0 Å². The largest absolute Gasteiger partial charge is 0.411 e. The highest BCUT2D eigenvalue weighted by molar-refractivity contribution is 8.00. The van der Waals surface area contributed by atoms with E-state index in [0.29, 0.717) is 21.2 Å². The second kappa shape index (κ2) is 10.3. The molecule has 0 spiro atoms. The standard InChI is InChI=1S/C24H24Cl2F3NO2S/c1-23(2,3)33-14-19(12-24(27,28)29)30-20(31)13-32-22(16-5-4-6-18(26)11-16)21(30)15-7-9-17(25)10-8-15/h4-12,21-22H,13-14H2,1-3H3/b19-12+/t21-,22-/m1/s1. The van der Waals surface area contributed by atoms with Gasteiger partial charge in [-0.1, -0.05) is 68.2 Å². The fourth-order valence-electron chi connectivity index (χ4n) is 3.56. The summed E-state index contributed by atoms with van der Waals surface area (Å²) in [5.41, 5.74) is 1.14. The predicted molar refractivity (Wildman–Crippen MR) is 128 cm³/mol. The lowest BCUT2D eigenvalue weighted by Gasteiger charge is -2.43. The van der Waals surface area contributed by atoms with E-state index in [2.05, 4.69) is 0 Å². The first-order chi connectivity index (χ1) is 15.3. The highest BCUT2D eigenvalue weighted by atomic mass is 35.5. The molecular formula is C24H24Cl2F3NO2S. The number of thioether (sulfide) groups is 1. The lowest BCUT2D eigenvalue weighted by atomic mass is 9.92. The summed E-state index contributed by atoms with van der Waals surface area (Å²) in [6.45, 7) is 5.39. The van der Waals surface area contributed by atoms with Gasteiger partial charge in [0.15, 0.2) is 0 Å². The van der Waals surface area contributed by atoms with Crippen LogP contribution in [0.2, 0.25) is 10.0 Å². The van der Waals surface area contributed by atoms with E-state index < -0.39 is 24.2 Å². The van der Waals surface area contributed by atoms with Crippen LogP contribution < -0.4 is 0 Å². The van der Waals surface area contributed by atoms with E-state index in [1.54, 1.807) is 48.5 Å². The van der Waals surface area contributed by atoms with Crippen LogP contribution >= 0.6 is 35.0 Å². The summed E-state index contributed by atoms with van der Waals surface area (Å²) in [6, 6.07) is 12.7. The zero-order chi connectivity index (χ0) is 24.4. The average Bonchev–Trinajstić information content (AvgIpc) is 2.70. The van der Waals surface area contributed by atoms with E-state index in [1.807, 2.05) is 20.8 Å². The van der Waals surface area contributed by atoms with Crippen LogP contribution in [-0.2, 0) is 9.53 Å². The maximum atomic E-state index is 13.6. The van der Waals surface area contributed by atoms with E-state index in [1.165, 1.54) is 16.7 Å². The van der Waals surface area contributed by atoms with E-state index in [0.717, 1.165) is 0 Å². The number of hydrogen-bond acceptors (Lipinski definition) is 3. The minimum absolute atomic E-state index is 0.00110. The molecule has 1 heterocycles. The number of ether oxygens (including phenoxy) is 1. The van der Waals surface area contributed by atoms with Gasteiger partial charge in [0.25, 0.3) is 5.91 Å². The number of carbonyl (C=O) groups is 1. The molecule has 178 valence electrons. The summed E-state index contributed by atoms with van der Waals surface area (Å²) in [5, 5.41) is 0.936. The number of nitrogens with zero attached hydrogens (tertiary/aromatic N) is 1. The molecule has 2 aromatic rings. The van der Waals surface area contributed by atoms with Crippen molar-refractivity contribution in [3.05, 3.63) is 81.5 Å². The second-order valence-corrected chi connectivity index (χ2v) is 11.3. The van der Waals surface area contributed by atoms with Gasteiger partial charge in [-0.3, -0.25) is 4.79 Å². The number of rotatable bonds is 5. The Morgan fingerprint density at radius 3 is 2.33 bits per heavy atom. The van der Waals surface area contributed by atoms with E-state index in [-0.39, 0.29) is 28.9 Å². The van der Waals surface area contributed by atoms with Gasteiger partial charge in [0, 0.05) is 32.3 Å². The summed E-state index contributed by atoms with van der Waals surface area (Å²) in [7, 11) is 0. The zero-order valence-corrected chi connectivity index (χ0v) is 20.7. The molecule has 1 amide bonds. The summed E-state index contributed by atoms with van der Waals surface area (Å²) < 4.78 is 46.3. The summed E-state index contributed by atoms with van der Waals surface area (Å²) in [6.07, 6.45) is -5.10. The maximum Gasteiger partial charge on any atom is 0.411 e. The van der Waals surface area contributed by atoms with Crippen LogP contribution in [0.4, 0.5) is 13.2 Å². The van der Waals surface area contributed by atoms with Crippen molar-refractivity contribution in [2.75, 3.05) is 12.4 Å². The third-order valence-corrected chi connectivity index (χ3v) is 6.69. The topological polar surface area (TPSA) is 29.5 Å².